The SMILES string of the molecule is CCCCCCCCCCCCCCC(Br)C(=O)OC.CCCCCCCCCCCCCCC(OCC)C(=O)O.CCCCCCCCCCCCCCC(OCC)C(=O)OC.CCCCCCCCCCCCCCC(ON)C(=O)O.CNO.O=CC(F)(F)F.[2H][B].[Na+].[OH-].[U]. The van der Waals surface area contributed by atoms with Crippen molar-refractivity contribution in [3.05, 3.63) is 0 Å². The number of carbonyl (C=O) groups is 5. The first-order valence-corrected chi connectivity index (χ1v) is 38.0. The first kappa shape index (κ1) is 114. The molecule has 0 aromatic heterocycles. The van der Waals surface area contributed by atoms with Gasteiger partial charge in [0.1, 0.15) is 4.83 Å². The molecule has 0 aliphatic rings. The Labute approximate surface area is 643 Å². The normalized spacial score (nSPS) is 11.7. The molecule has 0 amide bonds. The minimum Gasteiger partial charge on any atom is -0.870 e. The summed E-state index contributed by atoms with van der Waals surface area (Å²) in [6.07, 6.45) is 58.4. The molecule has 0 rings (SSSR count). The average molecular weight is 1690 g/mol. The summed E-state index contributed by atoms with van der Waals surface area (Å²) < 4.78 is 56.6. The molecule has 0 aliphatic heterocycles. The fourth-order valence-corrected chi connectivity index (χ4v) is 10.8. The molecule has 0 aromatic rings. The first-order chi connectivity index (χ1) is 45.4. The van der Waals surface area contributed by atoms with Gasteiger partial charge in [0.15, 0.2) is 18.3 Å². The van der Waals surface area contributed by atoms with Crippen molar-refractivity contribution < 1.29 is 142 Å². The molecule has 0 bridgehead atoms. The van der Waals surface area contributed by atoms with Crippen molar-refractivity contribution in [3.8, 4) is 0 Å². The van der Waals surface area contributed by atoms with Crippen LogP contribution in [-0.4, -0.2) is 125 Å². The maximum absolute atomic E-state index is 11.5. The van der Waals surface area contributed by atoms with Gasteiger partial charge in [0.2, 0.25) is 6.29 Å². The molecule has 0 saturated heterocycles. The van der Waals surface area contributed by atoms with Crippen LogP contribution in [0.3, 0.4) is 0 Å². The molecule has 0 saturated carbocycles. The molecule has 4 unspecified atom stereocenters. The summed E-state index contributed by atoms with van der Waals surface area (Å²) in [5.74, 6) is 2.77. The molecular weight excluding hydrogens is 1540 g/mol. The van der Waals surface area contributed by atoms with Gasteiger partial charge in [0.25, 0.3) is 0 Å². The Kier molecular flexibility index (Phi) is 120. The molecule has 4 atom stereocenters. The number of alkyl halides is 4. The number of carboxylic acid groups (broad SMARTS) is 2. The van der Waals surface area contributed by atoms with Gasteiger partial charge >= 0.3 is 59.6 Å². The van der Waals surface area contributed by atoms with E-state index in [1.807, 2.05) is 13.8 Å². The van der Waals surface area contributed by atoms with Crippen molar-refractivity contribution >= 4 is 54.5 Å². The second-order valence-corrected chi connectivity index (χ2v) is 25.4. The van der Waals surface area contributed by atoms with Crippen LogP contribution in [0, 0.1) is 31.1 Å². The summed E-state index contributed by atoms with van der Waals surface area (Å²) in [4.78, 5) is 57.2. The topological polar surface area (TPSA) is 260 Å². The minimum atomic E-state index is -4.64. The molecule has 0 aromatic carbocycles. The molecule has 0 aliphatic carbocycles. The van der Waals surface area contributed by atoms with Crippen molar-refractivity contribution in [3.63, 3.8) is 0 Å². The maximum atomic E-state index is 11.5. The van der Waals surface area contributed by atoms with E-state index in [-0.39, 0.29) is 89.0 Å². The van der Waals surface area contributed by atoms with Crippen LogP contribution in [0.25, 0.3) is 0 Å². The van der Waals surface area contributed by atoms with E-state index in [9.17, 15) is 32.3 Å². The van der Waals surface area contributed by atoms with E-state index in [1.165, 1.54) is 291 Å². The van der Waals surface area contributed by atoms with Crippen molar-refractivity contribution in [2.24, 2.45) is 5.90 Å². The third-order valence-electron chi connectivity index (χ3n) is 15.8. The quantitative estimate of drug-likeness (QED) is 0.00947. The summed E-state index contributed by atoms with van der Waals surface area (Å²) in [7, 11) is 8.05. The van der Waals surface area contributed by atoms with Crippen LogP contribution in [0.1, 0.15) is 375 Å². The van der Waals surface area contributed by atoms with Gasteiger partial charge in [-0.25, -0.2) is 25.8 Å². The number of hydrogen-bond donors (Lipinski definition) is 5. The number of ether oxygens (including phenoxy) is 4. The monoisotopic (exact) mass is 1690 g/mol. The number of aldehydes is 1. The molecule has 0 fully saturated rings. The number of rotatable bonds is 61. The van der Waals surface area contributed by atoms with Crippen LogP contribution in [-0.2, 0) is 47.8 Å². The number of unbranched alkanes of at least 4 members (excludes halogenated alkanes) is 44. The maximum Gasteiger partial charge on any atom is 1.00 e. The molecule has 0 spiro atoms. The third-order valence-corrected chi connectivity index (χ3v) is 16.6. The van der Waals surface area contributed by atoms with E-state index in [0.29, 0.717) is 26.1 Å². The van der Waals surface area contributed by atoms with Gasteiger partial charge in [-0.1, -0.05) is 352 Å². The van der Waals surface area contributed by atoms with E-state index in [1.54, 1.807) is 5.48 Å². The zero-order valence-corrected chi connectivity index (χ0v) is 70.9. The minimum absolute atomic E-state index is 0. The number of esters is 2. The van der Waals surface area contributed by atoms with Crippen molar-refractivity contribution in [1.29, 1.82) is 1.34 Å². The Hall–Kier alpha value is -0.343. The zero-order chi connectivity index (χ0) is 72.3. The molecule has 7 N–H and O–H groups in total. The van der Waals surface area contributed by atoms with E-state index in [2.05, 4.69) is 61.6 Å². The third kappa shape index (κ3) is 107. The number of methoxy groups -OCH3 is 2. The van der Waals surface area contributed by atoms with E-state index < -0.39 is 36.6 Å². The fourth-order valence-electron chi connectivity index (χ4n) is 10.3. The van der Waals surface area contributed by atoms with Gasteiger partial charge in [-0.2, -0.15) is 13.2 Å². The van der Waals surface area contributed by atoms with Crippen LogP contribution in [0.4, 0.5) is 13.2 Å². The van der Waals surface area contributed by atoms with Crippen molar-refractivity contribution in [2.75, 3.05) is 34.5 Å². The Bertz CT molecular complexity index is 1510. The van der Waals surface area contributed by atoms with Gasteiger partial charge in [-0.15, -0.1) is 0 Å². The number of aliphatic carboxylic acids is 2. The summed E-state index contributed by atoms with van der Waals surface area (Å²) in [5, 5.41) is 25.0. The van der Waals surface area contributed by atoms with Crippen LogP contribution < -0.4 is 40.9 Å². The van der Waals surface area contributed by atoms with Crippen LogP contribution in [0.5, 0.6) is 0 Å². The Morgan fingerprint density at radius 2 is 0.635 bits per heavy atom. The second kappa shape index (κ2) is 101. The number of carboxylic acids is 2. The average Bonchev–Trinajstić information content (AvgIpc) is 3.78. The van der Waals surface area contributed by atoms with Gasteiger partial charge < -0.3 is 39.8 Å². The van der Waals surface area contributed by atoms with Crippen molar-refractivity contribution in [2.45, 2.75) is 405 Å². The second-order valence-electron chi connectivity index (χ2n) is 24.3. The molecule has 96 heavy (non-hydrogen) atoms. The van der Waals surface area contributed by atoms with E-state index in [0.717, 1.165) is 51.4 Å². The summed E-state index contributed by atoms with van der Waals surface area (Å²) in [6.45, 7) is 13.8. The zero-order valence-electron chi connectivity index (χ0n) is 64.1. The number of nitrogens with one attached hydrogen (secondary N) is 1. The first-order valence-electron chi connectivity index (χ1n) is 37.6. The van der Waals surface area contributed by atoms with E-state index in [4.69, 9.17) is 41.7 Å². The van der Waals surface area contributed by atoms with Crippen LogP contribution >= 0.6 is 15.9 Å². The Balaban J connectivity index is -0.000000122. The number of hydrogen-bond acceptors (Lipinski definition) is 14. The molecule has 570 valence electrons. The molecular formula is C73H148BBrF3N2NaO14U. The molecule has 16 nitrogen and oxygen atoms in total. The van der Waals surface area contributed by atoms with Crippen LogP contribution in [0.15, 0.2) is 0 Å². The Morgan fingerprint density at radius 3 is 0.823 bits per heavy atom. The predicted octanol–water partition coefficient (Wildman–Crippen LogP) is 18.2. The van der Waals surface area contributed by atoms with Crippen LogP contribution in [0.2, 0.25) is 0 Å². The Morgan fingerprint density at radius 1 is 0.448 bits per heavy atom. The van der Waals surface area contributed by atoms with Gasteiger partial charge in [0, 0.05) is 59.8 Å². The predicted molar refractivity (Wildman–Crippen MR) is 387 cm³/mol. The van der Waals surface area contributed by atoms with Gasteiger partial charge in [-0.3, -0.25) is 14.4 Å². The largest absolute Gasteiger partial charge is 1.00 e. The fraction of sp³-hybridized carbons (Fsp3) is 0.932. The number of nitrogens with two attached hydrogens (primary N) is 1. The number of carbonyl (C=O) groups excluding carboxylic acids is 3. The van der Waals surface area contributed by atoms with E-state index >= 15 is 0 Å². The standard InChI is InChI=1S/C19H38O3.C18H36O3.C17H33BrO2.C16H33NO3.C2HF3O.CH5NO.BH.Na.H2O.U/c1-4-6-7-8-9-10-11-12-13-14-15-16-17-18(22-5-2)19(20)21-3;1-3-5-6-7-8-9-10-11-12-13-14-15-16-17(18(19)20)21-4-2;1-3-4-5-6-7-8-9-10-11-12-13-14-15-16(18)17(19)20-2;1-2-3-4-5-6-7-8-9-10-11-12-13-14-15(20-17)16(18)19;3-2(4,5)1-6;1-2-3;;;;/h18H,4-17H2,1-3H3;17H,3-16H2,1-2H3,(H,19,20);16H,3-15H2,1-2H3;15H,2-14,17H2,1H3,(H,18,19);1H;2-3H,1H3;1H;;1H2;/q;;;;;;;+1;;/p-1/i;;;;;;1D;;;. The van der Waals surface area contributed by atoms with Gasteiger partial charge in [0.05, 0.1) is 14.2 Å². The summed E-state index contributed by atoms with van der Waals surface area (Å²) in [6, 6.07) is 0. The smallest absolute Gasteiger partial charge is 0.870 e. The van der Waals surface area contributed by atoms with Crippen molar-refractivity contribution in [1.82, 2.24) is 5.48 Å². The molecule has 2 radical (unpaired) electrons. The summed E-state index contributed by atoms with van der Waals surface area (Å²) >= 11 is 3.36. The molecule has 0 heterocycles. The number of halogens is 4. The van der Waals surface area contributed by atoms with Gasteiger partial charge in [-0.05, 0) is 40.9 Å². The molecule has 23 heteroatoms. The summed E-state index contributed by atoms with van der Waals surface area (Å²) in [5.41, 5.74) is 1.75. The number of hydroxylamine groups is 1.